The lowest BCUT2D eigenvalue weighted by atomic mass is 9.83. The zero-order valence-electron chi connectivity index (χ0n) is 11.3. The molecule has 0 N–H and O–H groups in total. The minimum absolute atomic E-state index is 0.129. The van der Waals surface area contributed by atoms with Gasteiger partial charge < -0.3 is 9.47 Å². The van der Waals surface area contributed by atoms with E-state index in [0.717, 1.165) is 26.2 Å². The van der Waals surface area contributed by atoms with Gasteiger partial charge in [0.15, 0.2) is 0 Å². The van der Waals surface area contributed by atoms with Crippen molar-refractivity contribution in [1.29, 1.82) is 0 Å². The van der Waals surface area contributed by atoms with Crippen LogP contribution in [0.3, 0.4) is 0 Å². The van der Waals surface area contributed by atoms with E-state index in [0.29, 0.717) is 18.3 Å². The van der Waals surface area contributed by atoms with E-state index in [2.05, 4.69) is 11.0 Å². The average Bonchev–Trinajstić information content (AvgIpc) is 2.38. The monoisotopic (exact) mass is 260 g/mol. The Bertz CT molecular complexity index is 549. The van der Waals surface area contributed by atoms with Crippen LogP contribution in [0.1, 0.15) is 31.4 Å². The van der Waals surface area contributed by atoms with Crippen molar-refractivity contribution in [3.05, 3.63) is 34.2 Å². The molecular formula is C15H20N2O2. The van der Waals surface area contributed by atoms with Crippen LogP contribution in [-0.4, -0.2) is 34.9 Å². The van der Waals surface area contributed by atoms with Gasteiger partial charge in [-0.05, 0) is 25.3 Å². The maximum absolute atomic E-state index is 11.9. The molecule has 19 heavy (non-hydrogen) atoms. The SMILES string of the molecule is CC(=O)CCN1C[C@@H]2C[C@H](C1)c1cccc(=O)n1C2. The predicted octanol–water partition coefficient (Wildman–Crippen LogP) is 1.25. The van der Waals surface area contributed by atoms with E-state index in [-0.39, 0.29) is 11.3 Å². The van der Waals surface area contributed by atoms with Gasteiger partial charge in [-0.3, -0.25) is 9.59 Å². The molecule has 2 atom stereocenters. The molecule has 1 saturated heterocycles. The fourth-order valence-corrected chi connectivity index (χ4v) is 3.49. The van der Waals surface area contributed by atoms with E-state index in [1.54, 1.807) is 13.0 Å². The van der Waals surface area contributed by atoms with Gasteiger partial charge in [0.05, 0.1) is 0 Å². The molecule has 102 valence electrons. The highest BCUT2D eigenvalue weighted by atomic mass is 16.1. The first-order valence-corrected chi connectivity index (χ1v) is 7.05. The Morgan fingerprint density at radius 3 is 2.95 bits per heavy atom. The van der Waals surface area contributed by atoms with Gasteiger partial charge >= 0.3 is 0 Å². The molecule has 1 aromatic heterocycles. The first-order chi connectivity index (χ1) is 9.13. The number of pyridine rings is 1. The minimum atomic E-state index is 0.129. The standard InChI is InChI=1S/C15H20N2O2/c1-11(18)5-6-16-8-12-7-13(10-16)14-3-2-4-15(19)17(14)9-12/h2-4,12-13H,5-10H2,1H3/t12-,13+/m0/s1. The van der Waals surface area contributed by atoms with Crippen molar-refractivity contribution in [1.82, 2.24) is 9.47 Å². The molecule has 0 unspecified atom stereocenters. The number of Topliss-reactive ketones (excluding diaryl/α,β-unsaturated/α-hetero) is 1. The second-order valence-corrected chi connectivity index (χ2v) is 5.91. The van der Waals surface area contributed by atoms with Crippen molar-refractivity contribution >= 4 is 5.78 Å². The molecule has 1 fully saturated rings. The highest BCUT2D eigenvalue weighted by molar-refractivity contribution is 5.75. The molecule has 0 saturated carbocycles. The largest absolute Gasteiger partial charge is 0.312 e. The summed E-state index contributed by atoms with van der Waals surface area (Å²) >= 11 is 0. The summed E-state index contributed by atoms with van der Waals surface area (Å²) in [4.78, 5) is 25.4. The van der Waals surface area contributed by atoms with Crippen LogP contribution in [0.2, 0.25) is 0 Å². The van der Waals surface area contributed by atoms with E-state index < -0.39 is 0 Å². The zero-order chi connectivity index (χ0) is 13.4. The average molecular weight is 260 g/mol. The Hall–Kier alpha value is -1.42. The number of carbonyl (C=O) groups is 1. The van der Waals surface area contributed by atoms with Gasteiger partial charge in [-0.1, -0.05) is 6.07 Å². The Labute approximate surface area is 113 Å². The van der Waals surface area contributed by atoms with E-state index in [9.17, 15) is 9.59 Å². The Balaban J connectivity index is 1.80. The van der Waals surface area contributed by atoms with E-state index in [1.807, 2.05) is 10.6 Å². The number of rotatable bonds is 3. The van der Waals surface area contributed by atoms with Crippen LogP contribution >= 0.6 is 0 Å². The maximum Gasteiger partial charge on any atom is 0.250 e. The number of fused-ring (bicyclic) bond motifs is 4. The van der Waals surface area contributed by atoms with E-state index in [4.69, 9.17) is 0 Å². The molecule has 4 nitrogen and oxygen atoms in total. The number of ketones is 1. The van der Waals surface area contributed by atoms with Gasteiger partial charge in [0.1, 0.15) is 5.78 Å². The molecule has 0 aromatic carbocycles. The number of carbonyl (C=O) groups excluding carboxylic acids is 1. The molecule has 0 spiro atoms. The number of nitrogens with zero attached hydrogens (tertiary/aromatic N) is 2. The lowest BCUT2D eigenvalue weighted by Gasteiger charge is -2.42. The molecule has 2 aliphatic heterocycles. The molecule has 0 radical (unpaired) electrons. The van der Waals surface area contributed by atoms with E-state index >= 15 is 0 Å². The molecule has 2 bridgehead atoms. The minimum Gasteiger partial charge on any atom is -0.312 e. The number of piperidine rings is 1. The summed E-state index contributed by atoms with van der Waals surface area (Å²) in [5, 5.41) is 0. The third-order valence-corrected chi connectivity index (χ3v) is 4.34. The fraction of sp³-hybridized carbons (Fsp3) is 0.600. The van der Waals surface area contributed by atoms with Gasteiger partial charge in [-0.25, -0.2) is 0 Å². The van der Waals surface area contributed by atoms with Crippen molar-refractivity contribution in [2.24, 2.45) is 5.92 Å². The summed E-state index contributed by atoms with van der Waals surface area (Å²) in [7, 11) is 0. The van der Waals surface area contributed by atoms with Crippen molar-refractivity contribution in [3.8, 4) is 0 Å². The van der Waals surface area contributed by atoms with Gasteiger partial charge in [-0.2, -0.15) is 0 Å². The topological polar surface area (TPSA) is 42.3 Å². The molecule has 2 aliphatic rings. The summed E-state index contributed by atoms with van der Waals surface area (Å²) in [5.41, 5.74) is 1.31. The Kier molecular flexibility index (Phi) is 3.27. The number of likely N-dealkylation sites (tertiary alicyclic amines) is 1. The first-order valence-electron chi connectivity index (χ1n) is 7.05. The fourth-order valence-electron chi connectivity index (χ4n) is 3.49. The third-order valence-electron chi connectivity index (χ3n) is 4.34. The Morgan fingerprint density at radius 2 is 2.16 bits per heavy atom. The highest BCUT2D eigenvalue weighted by Crippen LogP contribution is 2.34. The Morgan fingerprint density at radius 1 is 1.32 bits per heavy atom. The normalized spacial score (nSPS) is 25.9. The second kappa shape index (κ2) is 4.93. The molecule has 3 heterocycles. The molecule has 3 rings (SSSR count). The van der Waals surface area contributed by atoms with Crippen LogP contribution in [0, 0.1) is 5.92 Å². The number of aromatic nitrogens is 1. The molecular weight excluding hydrogens is 240 g/mol. The quantitative estimate of drug-likeness (QED) is 0.821. The summed E-state index contributed by atoms with van der Waals surface area (Å²) in [5.74, 6) is 1.26. The lowest BCUT2D eigenvalue weighted by molar-refractivity contribution is -0.117. The lowest BCUT2D eigenvalue weighted by Crippen LogP contribution is -2.47. The van der Waals surface area contributed by atoms with Gasteiger partial charge in [0, 0.05) is 50.3 Å². The first kappa shape index (κ1) is 12.6. The van der Waals surface area contributed by atoms with Gasteiger partial charge in [0.2, 0.25) is 0 Å². The summed E-state index contributed by atoms with van der Waals surface area (Å²) in [6.07, 6.45) is 1.82. The molecule has 4 heteroatoms. The van der Waals surface area contributed by atoms with Crippen molar-refractivity contribution < 1.29 is 4.79 Å². The van der Waals surface area contributed by atoms with Crippen molar-refractivity contribution in [2.45, 2.75) is 32.2 Å². The van der Waals surface area contributed by atoms with Crippen LogP contribution in [0.25, 0.3) is 0 Å². The maximum atomic E-state index is 11.9. The van der Waals surface area contributed by atoms with Crippen LogP contribution in [0.15, 0.2) is 23.0 Å². The third kappa shape index (κ3) is 2.50. The predicted molar refractivity (Wildman–Crippen MR) is 73.3 cm³/mol. The van der Waals surface area contributed by atoms with Crippen LogP contribution < -0.4 is 5.56 Å². The zero-order valence-corrected chi connectivity index (χ0v) is 11.3. The summed E-state index contributed by atoms with van der Waals surface area (Å²) in [6.45, 7) is 5.35. The van der Waals surface area contributed by atoms with Gasteiger partial charge in [-0.15, -0.1) is 0 Å². The molecule has 0 aliphatic carbocycles. The molecule has 1 aromatic rings. The highest BCUT2D eigenvalue weighted by Gasteiger charge is 2.34. The number of hydrogen-bond donors (Lipinski definition) is 0. The summed E-state index contributed by atoms with van der Waals surface area (Å²) < 4.78 is 1.95. The van der Waals surface area contributed by atoms with Crippen LogP contribution in [-0.2, 0) is 11.3 Å². The van der Waals surface area contributed by atoms with Crippen molar-refractivity contribution in [2.75, 3.05) is 19.6 Å². The van der Waals surface area contributed by atoms with Gasteiger partial charge in [0.25, 0.3) is 5.56 Å². The smallest absolute Gasteiger partial charge is 0.250 e. The van der Waals surface area contributed by atoms with E-state index in [1.165, 1.54) is 12.1 Å². The molecule has 0 amide bonds. The van der Waals surface area contributed by atoms with Crippen LogP contribution in [0.5, 0.6) is 0 Å². The second-order valence-electron chi connectivity index (χ2n) is 5.91. The van der Waals surface area contributed by atoms with Crippen molar-refractivity contribution in [3.63, 3.8) is 0 Å². The number of hydrogen-bond acceptors (Lipinski definition) is 3. The summed E-state index contributed by atoms with van der Waals surface area (Å²) in [6, 6.07) is 5.60. The van der Waals surface area contributed by atoms with Crippen LogP contribution in [0.4, 0.5) is 0 Å².